The summed E-state index contributed by atoms with van der Waals surface area (Å²) in [6.07, 6.45) is 0.633. The Kier molecular flexibility index (Phi) is 3.40. The van der Waals surface area contributed by atoms with Crippen LogP contribution in [0.2, 0.25) is 0 Å². The second-order valence-corrected chi connectivity index (χ2v) is 5.07. The molecule has 1 heterocycles. The number of rotatable bonds is 2. The number of amides is 1. The predicted molar refractivity (Wildman–Crippen MR) is 67.1 cm³/mol. The van der Waals surface area contributed by atoms with Crippen molar-refractivity contribution < 1.29 is 9.90 Å². The van der Waals surface area contributed by atoms with E-state index in [-0.39, 0.29) is 5.91 Å². The smallest absolute Gasteiger partial charge is 0.253 e. The van der Waals surface area contributed by atoms with E-state index in [0.717, 1.165) is 5.56 Å². The molecule has 0 aromatic heterocycles. The van der Waals surface area contributed by atoms with E-state index >= 15 is 0 Å². The Bertz CT molecular complexity index is 431. The lowest BCUT2D eigenvalue weighted by atomic mass is 10.1. The van der Waals surface area contributed by atoms with E-state index in [2.05, 4.69) is 0 Å². The van der Waals surface area contributed by atoms with Gasteiger partial charge in [-0.3, -0.25) is 4.79 Å². The molecule has 1 N–H and O–H groups in total. The van der Waals surface area contributed by atoms with Crippen molar-refractivity contribution in [3.8, 4) is 0 Å². The second kappa shape index (κ2) is 4.67. The summed E-state index contributed by atoms with van der Waals surface area (Å²) in [4.78, 5) is 13.9. The lowest BCUT2D eigenvalue weighted by Crippen LogP contribution is -2.33. The Labute approximate surface area is 106 Å². The molecule has 1 aliphatic rings. The fourth-order valence-corrected chi connectivity index (χ4v) is 2.25. The Balaban J connectivity index is 2.15. The Morgan fingerprint density at radius 3 is 2.94 bits per heavy atom. The van der Waals surface area contributed by atoms with Gasteiger partial charge in [0.1, 0.15) is 0 Å². The molecule has 0 saturated carbocycles. The number of aliphatic hydroxyl groups is 1. The van der Waals surface area contributed by atoms with E-state index in [1.165, 1.54) is 0 Å². The Morgan fingerprint density at radius 2 is 2.35 bits per heavy atom. The number of β-amino-alcohol motifs (C(OH)–C–C–N with tert-alkyl or cyclic N) is 1. The van der Waals surface area contributed by atoms with Crippen LogP contribution in [0, 0.1) is 0 Å². The molecule has 1 saturated heterocycles. The minimum absolute atomic E-state index is 0.0326. The standard InChI is InChI=1S/C13H16ClNO2/c1-13(17)5-6-15(9-13)12(16)11-4-2-3-10(7-11)8-14/h2-4,7,17H,5-6,8-9H2,1H3. The maximum atomic E-state index is 12.2. The first-order valence-electron chi connectivity index (χ1n) is 5.68. The van der Waals surface area contributed by atoms with Crippen LogP contribution in [0.1, 0.15) is 29.3 Å². The molecule has 1 aliphatic heterocycles. The van der Waals surface area contributed by atoms with Crippen LogP contribution in [0.25, 0.3) is 0 Å². The maximum absolute atomic E-state index is 12.2. The highest BCUT2D eigenvalue weighted by Crippen LogP contribution is 2.22. The van der Waals surface area contributed by atoms with E-state index in [4.69, 9.17) is 11.6 Å². The summed E-state index contributed by atoms with van der Waals surface area (Å²) in [5, 5.41) is 9.85. The van der Waals surface area contributed by atoms with Crippen molar-refractivity contribution in [3.05, 3.63) is 35.4 Å². The van der Waals surface area contributed by atoms with Crippen LogP contribution in [-0.2, 0) is 5.88 Å². The molecule has 0 aliphatic carbocycles. The fourth-order valence-electron chi connectivity index (χ4n) is 2.09. The zero-order chi connectivity index (χ0) is 12.5. The second-order valence-electron chi connectivity index (χ2n) is 4.81. The number of hydrogen-bond donors (Lipinski definition) is 1. The minimum Gasteiger partial charge on any atom is -0.388 e. The van der Waals surface area contributed by atoms with Crippen LogP contribution in [0.3, 0.4) is 0 Å². The molecule has 4 heteroatoms. The summed E-state index contributed by atoms with van der Waals surface area (Å²) in [6.45, 7) is 2.77. The summed E-state index contributed by atoms with van der Waals surface area (Å²) in [5.74, 6) is 0.369. The molecule has 1 fully saturated rings. The van der Waals surface area contributed by atoms with Gasteiger partial charge in [0.25, 0.3) is 5.91 Å². The number of carbonyl (C=O) groups is 1. The highest BCUT2D eigenvalue weighted by atomic mass is 35.5. The molecule has 17 heavy (non-hydrogen) atoms. The number of benzene rings is 1. The molecule has 0 bridgehead atoms. The summed E-state index contributed by atoms with van der Waals surface area (Å²) >= 11 is 5.74. The Hall–Kier alpha value is -1.06. The van der Waals surface area contributed by atoms with Gasteiger partial charge in [0.05, 0.1) is 5.60 Å². The highest BCUT2D eigenvalue weighted by Gasteiger charge is 2.34. The summed E-state index contributed by atoms with van der Waals surface area (Å²) < 4.78 is 0. The molecule has 1 atom stereocenters. The molecule has 1 unspecified atom stereocenters. The molecular formula is C13H16ClNO2. The van der Waals surface area contributed by atoms with Crippen molar-refractivity contribution in [2.45, 2.75) is 24.8 Å². The predicted octanol–water partition coefficient (Wildman–Crippen LogP) is 2.02. The van der Waals surface area contributed by atoms with Gasteiger partial charge in [-0.05, 0) is 31.0 Å². The molecule has 0 spiro atoms. The largest absolute Gasteiger partial charge is 0.388 e. The van der Waals surface area contributed by atoms with Gasteiger partial charge < -0.3 is 10.0 Å². The van der Waals surface area contributed by atoms with Crippen LogP contribution in [-0.4, -0.2) is 34.6 Å². The third kappa shape index (κ3) is 2.79. The average molecular weight is 254 g/mol. The number of nitrogens with zero attached hydrogens (tertiary/aromatic N) is 1. The molecule has 3 nitrogen and oxygen atoms in total. The van der Waals surface area contributed by atoms with Gasteiger partial charge in [0.2, 0.25) is 0 Å². The van der Waals surface area contributed by atoms with Crippen molar-refractivity contribution in [1.82, 2.24) is 4.90 Å². The number of carbonyl (C=O) groups excluding carboxylic acids is 1. The van der Waals surface area contributed by atoms with Crippen LogP contribution in [0.4, 0.5) is 0 Å². The van der Waals surface area contributed by atoms with Gasteiger partial charge >= 0.3 is 0 Å². The summed E-state index contributed by atoms with van der Waals surface area (Å²) in [7, 11) is 0. The average Bonchev–Trinajstić information content (AvgIpc) is 2.69. The highest BCUT2D eigenvalue weighted by molar-refractivity contribution is 6.17. The molecule has 0 radical (unpaired) electrons. The monoisotopic (exact) mass is 253 g/mol. The van der Waals surface area contributed by atoms with Crippen LogP contribution in [0.5, 0.6) is 0 Å². The van der Waals surface area contributed by atoms with E-state index in [0.29, 0.717) is 31.0 Å². The molecule has 1 aromatic carbocycles. The molecule has 92 valence electrons. The lowest BCUT2D eigenvalue weighted by molar-refractivity contribution is 0.0572. The zero-order valence-electron chi connectivity index (χ0n) is 9.82. The van der Waals surface area contributed by atoms with Crippen molar-refractivity contribution in [3.63, 3.8) is 0 Å². The van der Waals surface area contributed by atoms with Crippen molar-refractivity contribution in [2.24, 2.45) is 0 Å². The van der Waals surface area contributed by atoms with Gasteiger partial charge in [-0.2, -0.15) is 0 Å². The van der Waals surface area contributed by atoms with Gasteiger partial charge in [-0.15, -0.1) is 11.6 Å². The summed E-state index contributed by atoms with van der Waals surface area (Å²) in [6, 6.07) is 7.32. The quantitative estimate of drug-likeness (QED) is 0.820. The third-order valence-corrected chi connectivity index (χ3v) is 3.38. The van der Waals surface area contributed by atoms with Crippen molar-refractivity contribution in [2.75, 3.05) is 13.1 Å². The number of likely N-dealkylation sites (tertiary alicyclic amines) is 1. The van der Waals surface area contributed by atoms with Gasteiger partial charge in [0.15, 0.2) is 0 Å². The first-order valence-corrected chi connectivity index (χ1v) is 6.22. The lowest BCUT2D eigenvalue weighted by Gasteiger charge is -2.19. The SMILES string of the molecule is CC1(O)CCN(C(=O)c2cccc(CCl)c2)C1. The van der Waals surface area contributed by atoms with Crippen molar-refractivity contribution >= 4 is 17.5 Å². The number of halogens is 1. The zero-order valence-corrected chi connectivity index (χ0v) is 10.6. The van der Waals surface area contributed by atoms with Gasteiger partial charge in [-0.1, -0.05) is 12.1 Å². The van der Waals surface area contributed by atoms with E-state index in [9.17, 15) is 9.90 Å². The Morgan fingerprint density at radius 1 is 1.59 bits per heavy atom. The normalized spacial score (nSPS) is 24.1. The molecule has 1 aromatic rings. The van der Waals surface area contributed by atoms with Gasteiger partial charge in [0, 0.05) is 24.5 Å². The van der Waals surface area contributed by atoms with E-state index < -0.39 is 5.60 Å². The first kappa shape index (κ1) is 12.4. The third-order valence-electron chi connectivity index (χ3n) is 3.07. The van der Waals surface area contributed by atoms with Crippen molar-refractivity contribution in [1.29, 1.82) is 0 Å². The van der Waals surface area contributed by atoms with Crippen LogP contribution in [0.15, 0.2) is 24.3 Å². The topological polar surface area (TPSA) is 40.5 Å². The fraction of sp³-hybridized carbons (Fsp3) is 0.462. The maximum Gasteiger partial charge on any atom is 0.253 e. The van der Waals surface area contributed by atoms with Crippen LogP contribution < -0.4 is 0 Å². The van der Waals surface area contributed by atoms with Gasteiger partial charge in [-0.25, -0.2) is 0 Å². The number of hydrogen-bond acceptors (Lipinski definition) is 2. The summed E-state index contributed by atoms with van der Waals surface area (Å²) in [5.41, 5.74) is 0.823. The number of alkyl halides is 1. The van der Waals surface area contributed by atoms with E-state index in [1.54, 1.807) is 17.9 Å². The molecular weight excluding hydrogens is 238 g/mol. The molecule has 1 amide bonds. The van der Waals surface area contributed by atoms with Crippen LogP contribution >= 0.6 is 11.6 Å². The molecule has 2 rings (SSSR count). The van der Waals surface area contributed by atoms with E-state index in [1.807, 2.05) is 18.2 Å². The first-order chi connectivity index (χ1) is 8.02. The minimum atomic E-state index is -0.750.